The van der Waals surface area contributed by atoms with Crippen LogP contribution in [-0.4, -0.2) is 101 Å². The first kappa shape index (κ1) is 33.7. The number of carboxylic acid groups (broad SMARTS) is 2. The fraction of sp³-hybridized carbons (Fsp3) is 0.647. The fourth-order valence-electron chi connectivity index (χ4n) is 0.896. The Hall–Kier alpha value is -1.86. The van der Waals surface area contributed by atoms with Crippen LogP contribution in [0.15, 0.2) is 25.3 Å². The first-order valence-corrected chi connectivity index (χ1v) is 8.34. The highest BCUT2D eigenvalue weighted by Gasteiger charge is 1.97. The van der Waals surface area contributed by atoms with E-state index in [-0.39, 0.29) is 19.8 Å². The predicted molar refractivity (Wildman–Crippen MR) is 103 cm³/mol. The molecule has 0 aromatic heterocycles. The minimum absolute atomic E-state index is 0.0417. The van der Waals surface area contributed by atoms with Crippen LogP contribution in [0.5, 0.6) is 0 Å². The van der Waals surface area contributed by atoms with Crippen LogP contribution >= 0.6 is 0 Å². The van der Waals surface area contributed by atoms with E-state index >= 15 is 0 Å². The smallest absolute Gasteiger partial charge is 0.327 e. The van der Waals surface area contributed by atoms with Gasteiger partial charge in [0.25, 0.3) is 0 Å². The Morgan fingerprint density at radius 2 is 1.25 bits per heavy atom. The number of aliphatic hydroxyl groups is 4. The van der Waals surface area contributed by atoms with Gasteiger partial charge in [-0.2, -0.15) is 0 Å². The van der Waals surface area contributed by atoms with Crippen LogP contribution in [0.3, 0.4) is 0 Å². The van der Waals surface area contributed by atoms with Gasteiger partial charge in [-0.25, -0.2) is 9.59 Å². The summed E-state index contributed by atoms with van der Waals surface area (Å²) >= 11 is 0. The summed E-state index contributed by atoms with van der Waals surface area (Å²) < 4.78 is 9.75. The molecular formula is C17H35NO10. The third-order valence-electron chi connectivity index (χ3n) is 2.14. The standard InChI is InChI=1S/C6H14O4.C5H13NO2.2C3H4O2/c7-1-3-9-5-6-10-4-2-8;6-3-1-2-5(8)4-7;2*1-2-3(4)5/h7-8H,1-6H2;5,7-8H,1-4,6H2;2*2H,1H2,(H,4,5). The van der Waals surface area contributed by atoms with Crippen LogP contribution in [0.1, 0.15) is 12.8 Å². The summed E-state index contributed by atoms with van der Waals surface area (Å²) in [6, 6.07) is 0. The Morgan fingerprint density at radius 3 is 1.46 bits per heavy atom. The van der Waals surface area contributed by atoms with Gasteiger partial charge in [0.1, 0.15) is 0 Å². The summed E-state index contributed by atoms with van der Waals surface area (Å²) in [5.41, 5.74) is 5.14. The van der Waals surface area contributed by atoms with Crippen molar-refractivity contribution in [2.24, 2.45) is 5.73 Å². The van der Waals surface area contributed by atoms with Crippen molar-refractivity contribution in [1.29, 1.82) is 0 Å². The van der Waals surface area contributed by atoms with E-state index in [4.69, 9.17) is 45.8 Å². The van der Waals surface area contributed by atoms with E-state index in [1.54, 1.807) is 0 Å². The van der Waals surface area contributed by atoms with Crippen molar-refractivity contribution >= 4 is 11.9 Å². The second kappa shape index (κ2) is 32.8. The summed E-state index contributed by atoms with van der Waals surface area (Å²) in [5, 5.41) is 48.7. The molecule has 0 bridgehead atoms. The molecule has 0 fully saturated rings. The highest BCUT2D eigenvalue weighted by molar-refractivity contribution is 5.79. The van der Waals surface area contributed by atoms with E-state index in [0.29, 0.717) is 39.4 Å². The second-order valence-electron chi connectivity index (χ2n) is 4.52. The van der Waals surface area contributed by atoms with Crippen LogP contribution in [0.25, 0.3) is 0 Å². The van der Waals surface area contributed by atoms with E-state index in [9.17, 15) is 9.59 Å². The SMILES string of the molecule is C=CC(=O)O.C=CC(=O)O.NCCCC(O)CO.OCCOCCOCCO. The van der Waals surface area contributed by atoms with Gasteiger partial charge in [-0.15, -0.1) is 0 Å². The summed E-state index contributed by atoms with van der Waals surface area (Å²) in [6.07, 6.45) is 2.48. The van der Waals surface area contributed by atoms with Gasteiger partial charge in [0, 0.05) is 12.2 Å². The molecule has 0 aliphatic rings. The zero-order valence-corrected chi connectivity index (χ0v) is 16.1. The van der Waals surface area contributed by atoms with E-state index in [1.165, 1.54) is 0 Å². The lowest BCUT2D eigenvalue weighted by molar-refractivity contribution is -0.132. The van der Waals surface area contributed by atoms with Gasteiger partial charge in [-0.3, -0.25) is 0 Å². The molecule has 11 nitrogen and oxygen atoms in total. The Morgan fingerprint density at radius 1 is 0.893 bits per heavy atom. The lowest BCUT2D eigenvalue weighted by Crippen LogP contribution is -2.13. The number of hydrogen-bond acceptors (Lipinski definition) is 9. The summed E-state index contributed by atoms with van der Waals surface area (Å²) in [4.78, 5) is 18.5. The molecule has 28 heavy (non-hydrogen) atoms. The molecule has 0 rings (SSSR count). The molecule has 0 saturated heterocycles. The summed E-state index contributed by atoms with van der Waals surface area (Å²) in [6.45, 7) is 8.08. The van der Waals surface area contributed by atoms with Gasteiger partial charge in [-0.05, 0) is 19.4 Å². The largest absolute Gasteiger partial charge is 0.478 e. The third kappa shape index (κ3) is 56.4. The number of hydrogen-bond donors (Lipinski definition) is 7. The van der Waals surface area contributed by atoms with Gasteiger partial charge >= 0.3 is 11.9 Å². The first-order valence-electron chi connectivity index (χ1n) is 8.34. The molecule has 0 spiro atoms. The Kier molecular flexibility index (Phi) is 39.5. The Balaban J connectivity index is -0.000000144. The average molecular weight is 413 g/mol. The fourth-order valence-corrected chi connectivity index (χ4v) is 0.896. The first-order chi connectivity index (χ1) is 13.3. The Bertz CT molecular complexity index is 327. The maximum Gasteiger partial charge on any atom is 0.327 e. The molecular weight excluding hydrogens is 378 g/mol. The van der Waals surface area contributed by atoms with Crippen molar-refractivity contribution in [3.63, 3.8) is 0 Å². The van der Waals surface area contributed by atoms with Crippen LogP contribution < -0.4 is 5.73 Å². The van der Waals surface area contributed by atoms with Crippen molar-refractivity contribution in [3.05, 3.63) is 25.3 Å². The zero-order chi connectivity index (χ0) is 22.6. The molecule has 1 unspecified atom stereocenters. The van der Waals surface area contributed by atoms with Crippen molar-refractivity contribution in [2.75, 3.05) is 52.8 Å². The molecule has 0 aromatic rings. The highest BCUT2D eigenvalue weighted by Crippen LogP contribution is 1.92. The number of ether oxygens (including phenoxy) is 2. The number of aliphatic hydroxyl groups excluding tert-OH is 4. The van der Waals surface area contributed by atoms with E-state index in [0.717, 1.165) is 18.6 Å². The van der Waals surface area contributed by atoms with E-state index in [1.807, 2.05) is 0 Å². The van der Waals surface area contributed by atoms with Crippen molar-refractivity contribution in [3.8, 4) is 0 Å². The van der Waals surface area contributed by atoms with Gasteiger partial charge in [-0.1, -0.05) is 13.2 Å². The number of carbonyl (C=O) groups is 2. The van der Waals surface area contributed by atoms with Gasteiger partial charge < -0.3 is 45.8 Å². The maximum atomic E-state index is 9.25. The Labute approximate surface area is 165 Å². The summed E-state index contributed by atoms with van der Waals surface area (Å²) in [5.74, 6) is -1.96. The second-order valence-corrected chi connectivity index (χ2v) is 4.52. The molecule has 0 aliphatic heterocycles. The number of rotatable bonds is 13. The molecule has 0 heterocycles. The minimum atomic E-state index is -0.981. The summed E-state index contributed by atoms with van der Waals surface area (Å²) in [7, 11) is 0. The van der Waals surface area contributed by atoms with Gasteiger partial charge in [0.2, 0.25) is 0 Å². The van der Waals surface area contributed by atoms with Crippen LogP contribution in [0.4, 0.5) is 0 Å². The molecule has 0 saturated carbocycles. The quantitative estimate of drug-likeness (QED) is 0.138. The lowest BCUT2D eigenvalue weighted by atomic mass is 10.2. The van der Waals surface area contributed by atoms with Crippen LogP contribution in [0, 0.1) is 0 Å². The molecule has 168 valence electrons. The van der Waals surface area contributed by atoms with Gasteiger partial charge in [0.15, 0.2) is 0 Å². The zero-order valence-electron chi connectivity index (χ0n) is 16.1. The third-order valence-corrected chi connectivity index (χ3v) is 2.14. The number of nitrogens with two attached hydrogens (primary N) is 1. The number of carboxylic acids is 2. The van der Waals surface area contributed by atoms with E-state index in [2.05, 4.69) is 13.2 Å². The molecule has 11 heteroatoms. The molecule has 0 amide bonds. The molecule has 0 radical (unpaired) electrons. The average Bonchev–Trinajstić information content (AvgIpc) is 2.70. The highest BCUT2D eigenvalue weighted by atomic mass is 16.5. The van der Waals surface area contributed by atoms with E-state index < -0.39 is 18.0 Å². The topological polar surface area (TPSA) is 200 Å². The van der Waals surface area contributed by atoms with Crippen molar-refractivity contribution in [1.82, 2.24) is 0 Å². The maximum absolute atomic E-state index is 9.25. The normalized spacial score (nSPS) is 9.89. The van der Waals surface area contributed by atoms with Crippen molar-refractivity contribution in [2.45, 2.75) is 18.9 Å². The number of aliphatic carboxylic acids is 2. The van der Waals surface area contributed by atoms with Crippen LogP contribution in [0.2, 0.25) is 0 Å². The molecule has 1 atom stereocenters. The monoisotopic (exact) mass is 413 g/mol. The minimum Gasteiger partial charge on any atom is -0.478 e. The van der Waals surface area contributed by atoms with Gasteiger partial charge in [0.05, 0.1) is 52.4 Å². The molecule has 0 aliphatic carbocycles. The van der Waals surface area contributed by atoms with Crippen LogP contribution in [-0.2, 0) is 19.1 Å². The predicted octanol–water partition coefficient (Wildman–Crippen LogP) is -1.40. The lowest BCUT2D eigenvalue weighted by Gasteiger charge is -2.02. The molecule has 8 N–H and O–H groups in total. The molecule has 0 aromatic carbocycles. The van der Waals surface area contributed by atoms with Crippen molar-refractivity contribution < 1.29 is 49.7 Å².